The van der Waals surface area contributed by atoms with Crippen molar-refractivity contribution >= 4 is 17.2 Å². The van der Waals surface area contributed by atoms with Gasteiger partial charge in [0.25, 0.3) is 5.91 Å². The summed E-state index contributed by atoms with van der Waals surface area (Å²) in [6, 6.07) is 1.64. The molecule has 0 aromatic carbocycles. The minimum absolute atomic E-state index is 0.00754. The fourth-order valence-electron chi connectivity index (χ4n) is 3.17. The Morgan fingerprint density at radius 1 is 1.46 bits per heavy atom. The molecule has 1 atom stereocenters. The predicted octanol–water partition coefficient (Wildman–Crippen LogP) is 1.59. The number of hydrogen-bond acceptors (Lipinski definition) is 6. The van der Waals surface area contributed by atoms with Gasteiger partial charge < -0.3 is 9.73 Å². The Kier molecular flexibility index (Phi) is 4.46. The molecule has 1 N–H and O–H groups in total. The van der Waals surface area contributed by atoms with E-state index >= 15 is 0 Å². The monoisotopic (exact) mass is 373 g/mol. The van der Waals surface area contributed by atoms with E-state index < -0.39 is 0 Å². The number of thiazole rings is 1. The molecule has 3 aromatic heterocycles. The molecule has 0 aliphatic carbocycles. The molecule has 1 aliphatic rings. The van der Waals surface area contributed by atoms with Gasteiger partial charge in [0.1, 0.15) is 12.1 Å². The standard InChI is InChI=1S/C17H19N5O3S/c1-11-18-14(10-26-11)8-22-17(24)21-6-4-13(2-3-15(21)20-22)19-16(23)12-5-7-25-9-12/h5,7,9-10,13H,2-4,6,8H2,1H3,(H,19,23). The zero-order valence-corrected chi connectivity index (χ0v) is 15.2. The normalized spacial score (nSPS) is 16.9. The van der Waals surface area contributed by atoms with Crippen molar-refractivity contribution in [3.8, 4) is 0 Å². The second-order valence-corrected chi connectivity index (χ2v) is 7.44. The Hall–Kier alpha value is -2.68. The van der Waals surface area contributed by atoms with Crippen molar-refractivity contribution in [3.05, 3.63) is 56.5 Å². The molecule has 136 valence electrons. The van der Waals surface area contributed by atoms with Crippen molar-refractivity contribution in [1.29, 1.82) is 0 Å². The maximum absolute atomic E-state index is 12.6. The van der Waals surface area contributed by atoms with Crippen LogP contribution in [-0.4, -0.2) is 31.3 Å². The number of hydrogen-bond donors (Lipinski definition) is 1. The quantitative estimate of drug-likeness (QED) is 0.749. The second kappa shape index (κ2) is 6.91. The van der Waals surface area contributed by atoms with Crippen LogP contribution in [0.3, 0.4) is 0 Å². The summed E-state index contributed by atoms with van der Waals surface area (Å²) in [7, 11) is 0. The van der Waals surface area contributed by atoms with Crippen LogP contribution in [0, 0.1) is 6.92 Å². The highest BCUT2D eigenvalue weighted by Gasteiger charge is 2.23. The van der Waals surface area contributed by atoms with E-state index in [0.717, 1.165) is 22.9 Å². The van der Waals surface area contributed by atoms with Crippen LogP contribution in [0.4, 0.5) is 0 Å². The molecule has 8 nitrogen and oxygen atoms in total. The minimum Gasteiger partial charge on any atom is -0.472 e. The first kappa shape index (κ1) is 16.8. The van der Waals surface area contributed by atoms with Crippen molar-refractivity contribution < 1.29 is 9.21 Å². The van der Waals surface area contributed by atoms with Crippen LogP contribution in [0.2, 0.25) is 0 Å². The van der Waals surface area contributed by atoms with Gasteiger partial charge in [0, 0.05) is 24.4 Å². The molecular weight excluding hydrogens is 354 g/mol. The van der Waals surface area contributed by atoms with Crippen LogP contribution in [0.1, 0.15) is 39.7 Å². The van der Waals surface area contributed by atoms with E-state index in [1.807, 2.05) is 12.3 Å². The molecule has 0 spiro atoms. The topological polar surface area (TPSA) is 95.0 Å². The van der Waals surface area contributed by atoms with Gasteiger partial charge in [0.15, 0.2) is 0 Å². The molecule has 3 aromatic rings. The van der Waals surface area contributed by atoms with Gasteiger partial charge >= 0.3 is 5.69 Å². The molecule has 26 heavy (non-hydrogen) atoms. The number of carbonyl (C=O) groups is 1. The second-order valence-electron chi connectivity index (χ2n) is 6.38. The summed E-state index contributed by atoms with van der Waals surface area (Å²) in [4.78, 5) is 29.2. The number of fused-ring (bicyclic) bond motifs is 1. The fraction of sp³-hybridized carbons (Fsp3) is 0.412. The van der Waals surface area contributed by atoms with Gasteiger partial charge in [-0.05, 0) is 25.8 Å². The third kappa shape index (κ3) is 3.34. The molecule has 0 radical (unpaired) electrons. The number of amides is 1. The fourth-order valence-corrected chi connectivity index (χ4v) is 3.78. The Morgan fingerprint density at radius 3 is 3.08 bits per heavy atom. The summed E-state index contributed by atoms with van der Waals surface area (Å²) in [5.74, 6) is 0.613. The molecule has 1 unspecified atom stereocenters. The Labute approximate surface area is 153 Å². The van der Waals surface area contributed by atoms with Gasteiger partial charge in [-0.2, -0.15) is 5.10 Å². The van der Waals surface area contributed by atoms with Gasteiger partial charge in [0.2, 0.25) is 0 Å². The minimum atomic E-state index is -0.153. The lowest BCUT2D eigenvalue weighted by Crippen LogP contribution is -2.35. The Morgan fingerprint density at radius 2 is 2.35 bits per heavy atom. The van der Waals surface area contributed by atoms with E-state index in [1.54, 1.807) is 22.0 Å². The van der Waals surface area contributed by atoms with Crippen LogP contribution >= 0.6 is 11.3 Å². The number of carbonyl (C=O) groups excluding carboxylic acids is 1. The number of rotatable bonds is 4. The van der Waals surface area contributed by atoms with E-state index in [1.165, 1.54) is 17.2 Å². The van der Waals surface area contributed by atoms with E-state index in [-0.39, 0.29) is 17.6 Å². The lowest BCUT2D eigenvalue weighted by atomic mass is 10.1. The van der Waals surface area contributed by atoms with Crippen LogP contribution in [0.5, 0.6) is 0 Å². The van der Waals surface area contributed by atoms with E-state index in [4.69, 9.17) is 4.42 Å². The third-order valence-corrected chi connectivity index (χ3v) is 5.34. The van der Waals surface area contributed by atoms with Crippen LogP contribution in [-0.2, 0) is 19.5 Å². The molecular formula is C17H19N5O3S. The number of furan rings is 1. The SMILES string of the molecule is Cc1nc(Cn2nc3n(c2=O)CCC(NC(=O)c2ccoc2)CC3)cs1. The molecule has 1 amide bonds. The summed E-state index contributed by atoms with van der Waals surface area (Å²) in [5, 5.41) is 10.4. The maximum Gasteiger partial charge on any atom is 0.346 e. The molecule has 4 heterocycles. The summed E-state index contributed by atoms with van der Waals surface area (Å²) in [6.07, 6.45) is 4.99. The van der Waals surface area contributed by atoms with Gasteiger partial charge in [0.05, 0.1) is 29.1 Å². The zero-order valence-electron chi connectivity index (χ0n) is 14.3. The number of aryl methyl sites for hydroxylation is 2. The molecule has 0 saturated heterocycles. The van der Waals surface area contributed by atoms with Gasteiger partial charge in [-0.3, -0.25) is 9.36 Å². The molecule has 9 heteroatoms. The van der Waals surface area contributed by atoms with Crippen LogP contribution in [0.15, 0.2) is 33.2 Å². The van der Waals surface area contributed by atoms with Crippen LogP contribution in [0.25, 0.3) is 0 Å². The van der Waals surface area contributed by atoms with Gasteiger partial charge in [-0.1, -0.05) is 0 Å². The average Bonchev–Trinajstić information content (AvgIpc) is 3.31. The summed E-state index contributed by atoms with van der Waals surface area (Å²) in [6.45, 7) is 2.88. The summed E-state index contributed by atoms with van der Waals surface area (Å²) >= 11 is 1.56. The number of nitrogens with one attached hydrogen (secondary N) is 1. The molecule has 4 rings (SSSR count). The van der Waals surface area contributed by atoms with Gasteiger partial charge in [-0.25, -0.2) is 14.5 Å². The first-order valence-electron chi connectivity index (χ1n) is 8.51. The largest absolute Gasteiger partial charge is 0.472 e. The van der Waals surface area contributed by atoms with Crippen molar-refractivity contribution in [2.75, 3.05) is 0 Å². The van der Waals surface area contributed by atoms with Crippen molar-refractivity contribution in [2.45, 2.75) is 45.3 Å². The third-order valence-electron chi connectivity index (χ3n) is 4.51. The number of nitrogens with zero attached hydrogens (tertiary/aromatic N) is 4. The lowest BCUT2D eigenvalue weighted by molar-refractivity contribution is 0.0932. The molecule has 0 saturated carbocycles. The van der Waals surface area contributed by atoms with E-state index in [9.17, 15) is 9.59 Å². The van der Waals surface area contributed by atoms with Crippen LogP contribution < -0.4 is 11.0 Å². The molecule has 0 fully saturated rings. The summed E-state index contributed by atoms with van der Waals surface area (Å²) < 4.78 is 8.14. The highest BCUT2D eigenvalue weighted by molar-refractivity contribution is 7.09. The molecule has 1 aliphatic heterocycles. The van der Waals surface area contributed by atoms with Crippen molar-refractivity contribution in [2.24, 2.45) is 0 Å². The first-order chi connectivity index (χ1) is 12.6. The summed E-state index contributed by atoms with van der Waals surface area (Å²) in [5.41, 5.74) is 1.24. The number of aromatic nitrogens is 4. The zero-order chi connectivity index (χ0) is 18.1. The maximum atomic E-state index is 12.6. The Bertz CT molecular complexity index is 969. The van der Waals surface area contributed by atoms with E-state index in [0.29, 0.717) is 31.5 Å². The first-order valence-corrected chi connectivity index (χ1v) is 9.38. The highest BCUT2D eigenvalue weighted by Crippen LogP contribution is 2.14. The Balaban J connectivity index is 1.44. The van der Waals surface area contributed by atoms with Crippen molar-refractivity contribution in [3.63, 3.8) is 0 Å². The highest BCUT2D eigenvalue weighted by atomic mass is 32.1. The molecule has 0 bridgehead atoms. The van der Waals surface area contributed by atoms with E-state index in [2.05, 4.69) is 15.4 Å². The lowest BCUT2D eigenvalue weighted by Gasteiger charge is -2.15. The average molecular weight is 373 g/mol. The smallest absolute Gasteiger partial charge is 0.346 e. The van der Waals surface area contributed by atoms with Gasteiger partial charge in [-0.15, -0.1) is 11.3 Å². The van der Waals surface area contributed by atoms with Crippen molar-refractivity contribution in [1.82, 2.24) is 24.6 Å². The predicted molar refractivity (Wildman–Crippen MR) is 95.3 cm³/mol.